The van der Waals surface area contributed by atoms with E-state index in [1.54, 1.807) is 36.0 Å². The van der Waals surface area contributed by atoms with Gasteiger partial charge in [-0.05, 0) is 61.0 Å². The number of nitrogens with zero attached hydrogens (tertiary/aromatic N) is 3. The third-order valence-electron chi connectivity index (χ3n) is 4.37. The van der Waals surface area contributed by atoms with Crippen molar-refractivity contribution in [3.05, 3.63) is 96.1 Å². The molecule has 0 spiro atoms. The molecule has 1 unspecified atom stereocenters. The Morgan fingerprint density at radius 2 is 1.39 bits per heavy atom. The number of benzene rings is 3. The number of hydrogen-bond donors (Lipinski definition) is 0. The average molecular weight is 393 g/mol. The summed E-state index contributed by atoms with van der Waals surface area (Å²) in [5, 5.41) is 9.53. The van der Waals surface area contributed by atoms with Crippen LogP contribution < -0.4 is 0 Å². The van der Waals surface area contributed by atoms with E-state index in [1.807, 2.05) is 22.8 Å². The number of hydrogen-bond acceptors (Lipinski definition) is 3. The second kappa shape index (κ2) is 7.94. The highest BCUT2D eigenvalue weighted by Crippen LogP contribution is 2.36. The van der Waals surface area contributed by atoms with E-state index < -0.39 is 0 Å². The van der Waals surface area contributed by atoms with Crippen LogP contribution in [0, 0.1) is 11.6 Å². The number of rotatable bonds is 5. The molecule has 6 heteroatoms. The minimum atomic E-state index is -0.316. The molecule has 3 nitrogen and oxygen atoms in total. The Hall–Kier alpha value is -2.99. The quantitative estimate of drug-likeness (QED) is 0.386. The molecule has 3 aromatic carbocycles. The molecular weight excluding hydrogens is 376 g/mol. The zero-order valence-corrected chi connectivity index (χ0v) is 15.9. The Balaban J connectivity index is 1.78. The molecule has 4 rings (SSSR count). The highest BCUT2D eigenvalue weighted by molar-refractivity contribution is 7.99. The van der Waals surface area contributed by atoms with Gasteiger partial charge in [0.2, 0.25) is 0 Å². The lowest BCUT2D eigenvalue weighted by molar-refractivity contribution is 0.626. The summed E-state index contributed by atoms with van der Waals surface area (Å²) in [5.41, 5.74) is 2.65. The van der Waals surface area contributed by atoms with Crippen LogP contribution >= 0.6 is 11.8 Å². The molecule has 0 saturated carbocycles. The first kappa shape index (κ1) is 18.4. The van der Waals surface area contributed by atoms with E-state index in [0.717, 1.165) is 11.3 Å². The summed E-state index contributed by atoms with van der Waals surface area (Å²) >= 11 is 1.56. The van der Waals surface area contributed by atoms with Crippen molar-refractivity contribution in [1.29, 1.82) is 0 Å². The topological polar surface area (TPSA) is 30.7 Å². The molecule has 28 heavy (non-hydrogen) atoms. The predicted octanol–water partition coefficient (Wildman–Crippen LogP) is 6.07. The van der Waals surface area contributed by atoms with Crippen LogP contribution in [-0.4, -0.2) is 14.8 Å². The summed E-state index contributed by atoms with van der Waals surface area (Å²) in [4.78, 5) is 0. The van der Waals surface area contributed by atoms with E-state index in [2.05, 4.69) is 29.3 Å². The molecule has 1 aromatic heterocycles. The maximum absolute atomic E-state index is 13.4. The Labute approximate surface area is 166 Å². The number of aromatic nitrogens is 3. The van der Waals surface area contributed by atoms with Crippen LogP contribution in [0.5, 0.6) is 0 Å². The standard InChI is InChI=1S/C22H17F2N3S/c1-15(16-5-3-2-4-6-16)28-22-26-25-21(17-7-9-18(23)10-8-17)27(22)20-13-11-19(24)12-14-20/h2-15H,1H3. The van der Waals surface area contributed by atoms with Crippen molar-refractivity contribution in [3.63, 3.8) is 0 Å². The fraction of sp³-hybridized carbons (Fsp3) is 0.0909. The maximum atomic E-state index is 13.4. The van der Waals surface area contributed by atoms with Gasteiger partial charge in [-0.1, -0.05) is 42.1 Å². The van der Waals surface area contributed by atoms with Gasteiger partial charge in [0, 0.05) is 16.5 Å². The summed E-state index contributed by atoms with van der Waals surface area (Å²) in [7, 11) is 0. The molecule has 1 atom stereocenters. The molecule has 4 aromatic rings. The van der Waals surface area contributed by atoms with Crippen molar-refractivity contribution in [2.75, 3.05) is 0 Å². The third kappa shape index (κ3) is 3.82. The highest BCUT2D eigenvalue weighted by Gasteiger charge is 2.19. The molecule has 0 radical (unpaired) electrons. The molecule has 1 heterocycles. The largest absolute Gasteiger partial charge is 0.270 e. The fourth-order valence-electron chi connectivity index (χ4n) is 2.91. The summed E-state index contributed by atoms with van der Waals surface area (Å²) in [6.45, 7) is 2.10. The van der Waals surface area contributed by atoms with Gasteiger partial charge in [0.1, 0.15) is 11.6 Å². The van der Waals surface area contributed by atoms with E-state index in [0.29, 0.717) is 11.0 Å². The first-order valence-corrected chi connectivity index (χ1v) is 9.68. The van der Waals surface area contributed by atoms with E-state index >= 15 is 0 Å². The molecule has 0 aliphatic carbocycles. The van der Waals surface area contributed by atoms with E-state index in [9.17, 15) is 8.78 Å². The molecule has 0 fully saturated rings. The summed E-state index contributed by atoms with van der Waals surface area (Å²) in [5.74, 6) is -0.0507. The van der Waals surface area contributed by atoms with Gasteiger partial charge in [0.15, 0.2) is 11.0 Å². The van der Waals surface area contributed by atoms with E-state index in [-0.39, 0.29) is 16.9 Å². The monoisotopic (exact) mass is 393 g/mol. The third-order valence-corrected chi connectivity index (χ3v) is 5.47. The molecule has 140 valence electrons. The van der Waals surface area contributed by atoms with Crippen LogP contribution in [-0.2, 0) is 0 Å². The van der Waals surface area contributed by atoms with Crippen LogP contribution in [0.1, 0.15) is 17.7 Å². The van der Waals surface area contributed by atoms with Crippen LogP contribution in [0.25, 0.3) is 17.1 Å². The first-order valence-electron chi connectivity index (χ1n) is 8.81. The molecular formula is C22H17F2N3S. The molecule has 0 N–H and O–H groups in total. The van der Waals surface area contributed by atoms with Gasteiger partial charge in [-0.25, -0.2) is 8.78 Å². The van der Waals surface area contributed by atoms with Gasteiger partial charge in [-0.3, -0.25) is 4.57 Å². The lowest BCUT2D eigenvalue weighted by Crippen LogP contribution is -2.01. The lowest BCUT2D eigenvalue weighted by Gasteiger charge is -2.14. The van der Waals surface area contributed by atoms with Crippen molar-refractivity contribution in [3.8, 4) is 17.1 Å². The Morgan fingerprint density at radius 3 is 2.04 bits per heavy atom. The van der Waals surface area contributed by atoms with Crippen molar-refractivity contribution in [2.24, 2.45) is 0 Å². The molecule has 0 aliphatic heterocycles. The van der Waals surface area contributed by atoms with Gasteiger partial charge in [-0.15, -0.1) is 10.2 Å². The van der Waals surface area contributed by atoms with Crippen molar-refractivity contribution in [2.45, 2.75) is 17.3 Å². The molecule has 0 aliphatic rings. The zero-order chi connectivity index (χ0) is 19.5. The van der Waals surface area contributed by atoms with Crippen molar-refractivity contribution >= 4 is 11.8 Å². The second-order valence-corrected chi connectivity index (χ2v) is 7.60. The predicted molar refractivity (Wildman–Crippen MR) is 107 cm³/mol. The zero-order valence-electron chi connectivity index (χ0n) is 15.1. The molecule has 0 bridgehead atoms. The number of thioether (sulfide) groups is 1. The second-order valence-electron chi connectivity index (χ2n) is 6.30. The van der Waals surface area contributed by atoms with Crippen molar-refractivity contribution < 1.29 is 8.78 Å². The SMILES string of the molecule is CC(Sc1nnc(-c2ccc(F)cc2)n1-c1ccc(F)cc1)c1ccccc1. The van der Waals surface area contributed by atoms with Gasteiger partial charge in [0.25, 0.3) is 0 Å². The van der Waals surface area contributed by atoms with Gasteiger partial charge in [-0.2, -0.15) is 0 Å². The Kier molecular flexibility index (Phi) is 5.21. The fourth-order valence-corrected chi connectivity index (χ4v) is 3.90. The van der Waals surface area contributed by atoms with Crippen LogP contribution in [0.4, 0.5) is 8.78 Å². The highest BCUT2D eigenvalue weighted by atomic mass is 32.2. The summed E-state index contributed by atoms with van der Waals surface area (Å²) in [6, 6.07) is 22.4. The van der Waals surface area contributed by atoms with Gasteiger partial charge < -0.3 is 0 Å². The lowest BCUT2D eigenvalue weighted by atomic mass is 10.2. The number of halogens is 2. The Morgan fingerprint density at radius 1 is 0.786 bits per heavy atom. The maximum Gasteiger partial charge on any atom is 0.196 e. The molecule has 0 amide bonds. The summed E-state index contributed by atoms with van der Waals surface area (Å²) < 4.78 is 28.7. The van der Waals surface area contributed by atoms with Crippen LogP contribution in [0.2, 0.25) is 0 Å². The smallest absolute Gasteiger partial charge is 0.196 e. The average Bonchev–Trinajstić information content (AvgIpc) is 3.13. The minimum absolute atomic E-state index is 0.144. The normalized spacial score (nSPS) is 12.1. The first-order chi connectivity index (χ1) is 13.6. The molecule has 0 saturated heterocycles. The van der Waals surface area contributed by atoms with Crippen LogP contribution in [0.15, 0.2) is 84.0 Å². The Bertz CT molecular complexity index is 1060. The minimum Gasteiger partial charge on any atom is -0.270 e. The van der Waals surface area contributed by atoms with Crippen LogP contribution in [0.3, 0.4) is 0 Å². The van der Waals surface area contributed by atoms with E-state index in [4.69, 9.17) is 0 Å². The van der Waals surface area contributed by atoms with Gasteiger partial charge >= 0.3 is 0 Å². The van der Waals surface area contributed by atoms with E-state index in [1.165, 1.54) is 29.8 Å². The van der Waals surface area contributed by atoms with Gasteiger partial charge in [0.05, 0.1) is 0 Å². The summed E-state index contributed by atoms with van der Waals surface area (Å²) in [6.07, 6.45) is 0. The van der Waals surface area contributed by atoms with Crippen molar-refractivity contribution in [1.82, 2.24) is 14.8 Å².